The summed E-state index contributed by atoms with van der Waals surface area (Å²) in [5.74, 6) is -0.676. The lowest BCUT2D eigenvalue weighted by atomic mass is 9.99. The van der Waals surface area contributed by atoms with Crippen molar-refractivity contribution in [2.75, 3.05) is 13.2 Å². The van der Waals surface area contributed by atoms with E-state index >= 15 is 0 Å². The summed E-state index contributed by atoms with van der Waals surface area (Å²) in [5.41, 5.74) is 0. The van der Waals surface area contributed by atoms with E-state index in [0.29, 0.717) is 19.3 Å². The highest BCUT2D eigenvalue weighted by molar-refractivity contribution is 7.80. The van der Waals surface area contributed by atoms with Crippen LogP contribution in [0, 0.1) is 0 Å². The van der Waals surface area contributed by atoms with Gasteiger partial charge in [0.05, 0.1) is 25.4 Å². The highest BCUT2D eigenvalue weighted by Crippen LogP contribution is 2.26. The van der Waals surface area contributed by atoms with Crippen LogP contribution in [0.4, 0.5) is 0 Å². The van der Waals surface area contributed by atoms with E-state index in [4.69, 9.17) is 9.47 Å². The molecule has 1 heterocycles. The number of aliphatic hydroxyl groups is 5. The van der Waals surface area contributed by atoms with Gasteiger partial charge >= 0.3 is 10.4 Å². The van der Waals surface area contributed by atoms with Gasteiger partial charge in [0.25, 0.3) is 0 Å². The molecule has 1 rings (SSSR count). The van der Waals surface area contributed by atoms with E-state index in [9.17, 15) is 43.3 Å². The summed E-state index contributed by atoms with van der Waals surface area (Å²) in [6.07, 6.45) is 28.2. The largest absolute Gasteiger partial charge is 0.397 e. The molecule has 0 spiro atoms. The van der Waals surface area contributed by atoms with Gasteiger partial charge in [0.2, 0.25) is 5.91 Å². The Hall–Kier alpha value is -1.20. The van der Waals surface area contributed by atoms with Crippen molar-refractivity contribution in [1.82, 2.24) is 5.32 Å². The van der Waals surface area contributed by atoms with E-state index in [0.717, 1.165) is 51.4 Å². The van der Waals surface area contributed by atoms with E-state index in [-0.39, 0.29) is 6.42 Å². The number of unbranched alkanes of at least 4 members (excludes halogenated alkanes) is 26. The van der Waals surface area contributed by atoms with Gasteiger partial charge in [0, 0.05) is 0 Å². The minimum Gasteiger partial charge on any atom is -0.394 e. The molecule has 0 saturated carbocycles. The highest BCUT2D eigenvalue weighted by Gasteiger charge is 2.48. The first kappa shape index (κ1) is 56.8. The summed E-state index contributed by atoms with van der Waals surface area (Å²) < 4.78 is 47.6. The first-order chi connectivity index (χ1) is 28.9. The molecule has 1 amide bonds. The molecule has 14 heteroatoms. The third-order valence-corrected chi connectivity index (χ3v) is 12.1. The number of rotatable bonds is 41. The molecule has 1 fully saturated rings. The fourth-order valence-corrected chi connectivity index (χ4v) is 8.32. The minimum absolute atomic E-state index is 0.248. The second kappa shape index (κ2) is 37.2. The first-order valence-corrected chi connectivity index (χ1v) is 25.5. The summed E-state index contributed by atoms with van der Waals surface area (Å²) >= 11 is 0. The van der Waals surface area contributed by atoms with Crippen molar-refractivity contribution in [2.45, 2.75) is 262 Å². The smallest absolute Gasteiger partial charge is 0.394 e. The van der Waals surface area contributed by atoms with Crippen LogP contribution in [-0.4, -0.2) is 107 Å². The molecule has 0 aromatic carbocycles. The van der Waals surface area contributed by atoms with Gasteiger partial charge in [-0.2, -0.15) is 8.42 Å². The van der Waals surface area contributed by atoms with Crippen molar-refractivity contribution >= 4 is 16.3 Å². The maximum absolute atomic E-state index is 13.1. The summed E-state index contributed by atoms with van der Waals surface area (Å²) in [6, 6.07) is -1.03. The second-order valence-corrected chi connectivity index (χ2v) is 18.2. The first-order valence-electron chi connectivity index (χ1n) is 24.2. The van der Waals surface area contributed by atoms with Crippen molar-refractivity contribution in [3.05, 3.63) is 12.2 Å². The van der Waals surface area contributed by atoms with Gasteiger partial charge in [-0.15, -0.1) is 0 Å². The number of allylic oxidation sites excluding steroid dienone is 2. The van der Waals surface area contributed by atoms with Crippen molar-refractivity contribution in [3.63, 3.8) is 0 Å². The van der Waals surface area contributed by atoms with Gasteiger partial charge in [-0.3, -0.25) is 9.35 Å². The van der Waals surface area contributed by atoms with Gasteiger partial charge in [-0.05, 0) is 38.5 Å². The quantitative estimate of drug-likeness (QED) is 0.0175. The van der Waals surface area contributed by atoms with Crippen molar-refractivity contribution < 1.29 is 57.0 Å². The lowest BCUT2D eigenvalue weighted by molar-refractivity contribution is -0.298. The Morgan fingerprint density at radius 2 is 1.07 bits per heavy atom. The number of nitrogens with one attached hydrogen (secondary N) is 1. The number of hydrogen-bond donors (Lipinski definition) is 7. The monoisotopic (exact) mass is 880 g/mol. The third-order valence-electron chi connectivity index (χ3n) is 11.7. The maximum atomic E-state index is 13.1. The van der Waals surface area contributed by atoms with Gasteiger partial charge < -0.3 is 40.3 Å². The Bertz CT molecular complexity index is 1140. The van der Waals surface area contributed by atoms with E-state index < -0.39 is 78.5 Å². The molecule has 13 nitrogen and oxygen atoms in total. The lowest BCUT2D eigenvalue weighted by Crippen LogP contribution is -2.61. The zero-order valence-corrected chi connectivity index (χ0v) is 38.5. The number of carbonyl (C=O) groups is 1. The summed E-state index contributed by atoms with van der Waals surface area (Å²) in [7, 11) is -5.11. The Kier molecular flexibility index (Phi) is 35.2. The Labute approximate surface area is 364 Å². The van der Waals surface area contributed by atoms with Crippen molar-refractivity contribution in [3.8, 4) is 0 Å². The fraction of sp³-hybridized carbons (Fsp3) is 0.935. The molecule has 0 bridgehead atoms. The molecular weight excluding hydrogens is 791 g/mol. The van der Waals surface area contributed by atoms with E-state index in [2.05, 4.69) is 35.5 Å². The van der Waals surface area contributed by atoms with Gasteiger partial charge in [0.1, 0.15) is 30.5 Å². The molecule has 0 radical (unpaired) electrons. The van der Waals surface area contributed by atoms with Crippen LogP contribution in [-0.2, 0) is 28.9 Å². The zero-order valence-electron chi connectivity index (χ0n) is 37.6. The summed E-state index contributed by atoms with van der Waals surface area (Å²) in [6.45, 7) is 3.28. The molecule has 8 unspecified atom stereocenters. The fourth-order valence-electron chi connectivity index (χ4n) is 7.81. The molecule has 8 atom stereocenters. The topological polar surface area (TPSA) is 212 Å². The predicted molar refractivity (Wildman–Crippen MR) is 238 cm³/mol. The number of carbonyl (C=O) groups excluding carboxylic acids is 1. The third kappa shape index (κ3) is 29.2. The predicted octanol–water partition coefficient (Wildman–Crippen LogP) is 8.53. The Balaban J connectivity index is 2.54. The van der Waals surface area contributed by atoms with Gasteiger partial charge in [-0.1, -0.05) is 187 Å². The molecule has 0 aromatic heterocycles. The molecule has 1 saturated heterocycles. The maximum Gasteiger partial charge on any atom is 0.397 e. The number of amides is 1. The normalized spacial score (nSPS) is 21.4. The van der Waals surface area contributed by atoms with Crippen LogP contribution in [0.15, 0.2) is 12.2 Å². The molecular formula is C46H89NO12S. The molecule has 356 valence electrons. The SMILES string of the molecule is CCCCCCCCCCC/C=C\CCCCCCC(O)C(=O)NC(COC1OC(CO)C(O)C(OS(=O)(=O)O)C1O)C(O)CCCCCCCCCCCCCCCC. The minimum atomic E-state index is -5.11. The summed E-state index contributed by atoms with van der Waals surface area (Å²) in [5, 5.41) is 55.4. The van der Waals surface area contributed by atoms with Crippen molar-refractivity contribution in [1.29, 1.82) is 0 Å². The lowest BCUT2D eigenvalue weighted by Gasteiger charge is -2.41. The Morgan fingerprint density at radius 1 is 0.650 bits per heavy atom. The number of aliphatic hydroxyl groups excluding tert-OH is 5. The molecule has 1 aliphatic rings. The zero-order chi connectivity index (χ0) is 44.3. The van der Waals surface area contributed by atoms with Crippen LogP contribution in [0.2, 0.25) is 0 Å². The number of hydrogen-bond acceptors (Lipinski definition) is 11. The Morgan fingerprint density at radius 3 is 1.50 bits per heavy atom. The second-order valence-electron chi connectivity index (χ2n) is 17.2. The summed E-state index contributed by atoms with van der Waals surface area (Å²) in [4.78, 5) is 13.1. The van der Waals surface area contributed by atoms with Crippen LogP contribution < -0.4 is 5.32 Å². The van der Waals surface area contributed by atoms with Crippen LogP contribution in [0.3, 0.4) is 0 Å². The van der Waals surface area contributed by atoms with Crippen LogP contribution in [0.5, 0.6) is 0 Å². The van der Waals surface area contributed by atoms with Gasteiger partial charge in [-0.25, -0.2) is 4.18 Å². The molecule has 0 aromatic rings. The average Bonchev–Trinajstić information content (AvgIpc) is 3.22. The standard InChI is InChI=1S/C46H89NO12S/c1-3-5-7-9-11-13-15-17-19-20-21-23-25-27-29-31-33-35-40(50)45(53)47-38(37-57-46-43(52)44(59-60(54,55)56)42(51)41(36-48)58-46)39(49)34-32-30-28-26-24-22-18-16-14-12-10-8-6-4-2/h21,23,38-44,46,48-52H,3-20,22,24-37H2,1-2H3,(H,47,53)(H,54,55,56)/b23-21-. The molecule has 1 aliphatic heterocycles. The molecule has 7 N–H and O–H groups in total. The number of ether oxygens (including phenoxy) is 2. The van der Waals surface area contributed by atoms with E-state index in [1.807, 2.05) is 0 Å². The molecule has 60 heavy (non-hydrogen) atoms. The van der Waals surface area contributed by atoms with Gasteiger partial charge in [0.15, 0.2) is 6.29 Å². The van der Waals surface area contributed by atoms with E-state index in [1.165, 1.54) is 122 Å². The van der Waals surface area contributed by atoms with Crippen LogP contribution in [0.25, 0.3) is 0 Å². The van der Waals surface area contributed by atoms with Crippen LogP contribution in [0.1, 0.15) is 213 Å². The molecule has 0 aliphatic carbocycles. The van der Waals surface area contributed by atoms with Crippen molar-refractivity contribution in [2.24, 2.45) is 0 Å². The average molecular weight is 880 g/mol. The highest BCUT2D eigenvalue weighted by atomic mass is 32.3. The van der Waals surface area contributed by atoms with E-state index in [1.54, 1.807) is 0 Å². The van der Waals surface area contributed by atoms with Crippen LogP contribution >= 0.6 is 0 Å².